The number of hydrogen-bond donors (Lipinski definition) is 1. The minimum Gasteiger partial charge on any atom is -0.303 e. The number of hydrogen-bond acceptors (Lipinski definition) is 3. The van der Waals surface area contributed by atoms with Gasteiger partial charge in [-0.1, -0.05) is 6.92 Å². The van der Waals surface area contributed by atoms with Gasteiger partial charge in [-0.25, -0.2) is 14.7 Å². The molecule has 3 unspecified atom stereocenters. The zero-order valence-electron chi connectivity index (χ0n) is 9.76. The number of nitrogens with zero attached hydrogens (tertiary/aromatic N) is 1. The number of alkyl halides is 2. The second kappa shape index (κ2) is 3.96. The van der Waals surface area contributed by atoms with Crippen molar-refractivity contribution in [2.45, 2.75) is 44.8 Å². The zero-order chi connectivity index (χ0) is 11.9. The second-order valence-electron chi connectivity index (χ2n) is 4.64. The Labute approximate surface area is 89.5 Å². The van der Waals surface area contributed by atoms with E-state index in [1.165, 1.54) is 0 Å². The first-order valence-electron chi connectivity index (χ1n) is 5.22. The van der Waals surface area contributed by atoms with E-state index in [2.05, 4.69) is 0 Å². The highest BCUT2D eigenvalue weighted by Gasteiger charge is 2.74. The second-order valence-corrected chi connectivity index (χ2v) is 4.64. The normalized spacial score (nSPS) is 32.8. The monoisotopic (exact) mass is 222 g/mol. The molecule has 0 bridgehead atoms. The van der Waals surface area contributed by atoms with Crippen molar-refractivity contribution in [2.24, 2.45) is 11.3 Å². The summed E-state index contributed by atoms with van der Waals surface area (Å²) in [5.74, 6) is 2.53. The molecule has 5 heteroatoms. The van der Waals surface area contributed by atoms with Crippen LogP contribution in [0.25, 0.3) is 0 Å². The van der Waals surface area contributed by atoms with E-state index < -0.39 is 17.4 Å². The Morgan fingerprint density at radius 1 is 1.47 bits per heavy atom. The summed E-state index contributed by atoms with van der Waals surface area (Å²) in [6.45, 7) is 3.52. The van der Waals surface area contributed by atoms with Gasteiger partial charge in [0.1, 0.15) is 0 Å². The third-order valence-electron chi connectivity index (χ3n) is 3.55. The largest absolute Gasteiger partial charge is 0.303 e. The molecule has 15 heavy (non-hydrogen) atoms. The van der Waals surface area contributed by atoms with Gasteiger partial charge >= 0.3 is 0 Å². The van der Waals surface area contributed by atoms with E-state index in [0.717, 1.165) is 0 Å². The molecule has 0 aromatic heterocycles. The van der Waals surface area contributed by atoms with Crippen LogP contribution in [-0.2, 0) is 4.84 Å². The highest BCUT2D eigenvalue weighted by molar-refractivity contribution is 5.16. The average Bonchev–Trinajstić information content (AvgIpc) is 2.69. The molecule has 1 rings (SSSR count). The first-order chi connectivity index (χ1) is 6.82. The minimum atomic E-state index is -2.58. The van der Waals surface area contributed by atoms with Crippen molar-refractivity contribution in [2.75, 3.05) is 14.1 Å². The number of rotatable bonds is 5. The molecular formula is C10H20F2N2O. The summed E-state index contributed by atoms with van der Waals surface area (Å²) < 4.78 is 26.9. The van der Waals surface area contributed by atoms with Gasteiger partial charge in [-0.05, 0) is 27.4 Å². The molecule has 0 aromatic carbocycles. The molecule has 0 aliphatic heterocycles. The van der Waals surface area contributed by atoms with Crippen LogP contribution < -0.4 is 5.90 Å². The molecule has 3 nitrogen and oxygen atoms in total. The Balaban J connectivity index is 2.90. The lowest BCUT2D eigenvalue weighted by molar-refractivity contribution is -0.0537. The van der Waals surface area contributed by atoms with E-state index in [1.54, 1.807) is 32.8 Å². The summed E-state index contributed by atoms with van der Waals surface area (Å²) in [4.78, 5) is 6.50. The molecule has 0 aromatic rings. The number of nitrogens with two attached hydrogens (primary N) is 1. The van der Waals surface area contributed by atoms with Gasteiger partial charge in [-0.15, -0.1) is 0 Å². The Morgan fingerprint density at radius 3 is 2.13 bits per heavy atom. The van der Waals surface area contributed by atoms with Crippen LogP contribution in [0.15, 0.2) is 0 Å². The van der Waals surface area contributed by atoms with Crippen molar-refractivity contribution in [3.8, 4) is 0 Å². The molecule has 1 aliphatic carbocycles. The first kappa shape index (κ1) is 12.8. The molecule has 0 spiro atoms. The van der Waals surface area contributed by atoms with Gasteiger partial charge < -0.3 is 4.90 Å². The smallest absolute Gasteiger partial charge is 0.256 e. The molecule has 2 N–H and O–H groups in total. The van der Waals surface area contributed by atoms with Crippen LogP contribution in [0, 0.1) is 5.41 Å². The summed E-state index contributed by atoms with van der Waals surface area (Å²) in [5.41, 5.74) is -0.963. The summed E-state index contributed by atoms with van der Waals surface area (Å²) in [6, 6.07) is -0.345. The van der Waals surface area contributed by atoms with Gasteiger partial charge in [0.15, 0.2) is 0 Å². The fourth-order valence-corrected chi connectivity index (χ4v) is 2.70. The number of halogens is 2. The summed E-state index contributed by atoms with van der Waals surface area (Å²) >= 11 is 0. The van der Waals surface area contributed by atoms with Crippen LogP contribution in [-0.4, -0.2) is 37.1 Å². The topological polar surface area (TPSA) is 38.5 Å². The maximum Gasteiger partial charge on any atom is 0.256 e. The molecule has 3 atom stereocenters. The van der Waals surface area contributed by atoms with Crippen LogP contribution in [0.1, 0.15) is 26.7 Å². The molecule has 1 fully saturated rings. The van der Waals surface area contributed by atoms with Crippen LogP contribution in [0.3, 0.4) is 0 Å². The SMILES string of the molecule is CCC1(C(C(C)ON)N(C)C)CC1(F)F. The summed E-state index contributed by atoms with van der Waals surface area (Å²) in [6.07, 6.45) is -0.0165. The lowest BCUT2D eigenvalue weighted by atomic mass is 9.88. The van der Waals surface area contributed by atoms with E-state index in [9.17, 15) is 8.78 Å². The first-order valence-corrected chi connectivity index (χ1v) is 5.22. The third kappa shape index (κ3) is 1.88. The Hall–Kier alpha value is -0.260. The van der Waals surface area contributed by atoms with Gasteiger partial charge in [0.2, 0.25) is 0 Å². The van der Waals surface area contributed by atoms with Crippen LogP contribution in [0.5, 0.6) is 0 Å². The molecular weight excluding hydrogens is 202 g/mol. The average molecular weight is 222 g/mol. The Morgan fingerprint density at radius 2 is 1.93 bits per heavy atom. The van der Waals surface area contributed by atoms with Crippen molar-refractivity contribution in [1.29, 1.82) is 0 Å². The van der Waals surface area contributed by atoms with Crippen molar-refractivity contribution in [3.63, 3.8) is 0 Å². The van der Waals surface area contributed by atoms with Crippen LogP contribution in [0.2, 0.25) is 0 Å². The lowest BCUT2D eigenvalue weighted by Crippen LogP contribution is -2.48. The van der Waals surface area contributed by atoms with Crippen molar-refractivity contribution in [1.82, 2.24) is 4.90 Å². The predicted octanol–water partition coefficient (Wildman–Crippen LogP) is 1.63. The standard InChI is InChI=1S/C10H20F2N2O/c1-5-9(6-10(9,11)12)8(14(3)4)7(2)15-13/h7-8H,5-6,13H2,1-4H3. The molecule has 1 aliphatic rings. The summed E-state index contributed by atoms with van der Waals surface area (Å²) in [7, 11) is 3.57. The minimum absolute atomic E-state index is 0.0625. The van der Waals surface area contributed by atoms with Gasteiger partial charge in [0.05, 0.1) is 11.5 Å². The van der Waals surface area contributed by atoms with Crippen molar-refractivity contribution in [3.05, 3.63) is 0 Å². The fourth-order valence-electron chi connectivity index (χ4n) is 2.70. The van der Waals surface area contributed by atoms with Crippen molar-refractivity contribution >= 4 is 0 Å². The molecule has 0 saturated heterocycles. The molecule has 0 heterocycles. The Bertz CT molecular complexity index is 235. The van der Waals surface area contributed by atoms with E-state index in [0.29, 0.717) is 6.42 Å². The van der Waals surface area contributed by atoms with Gasteiger partial charge in [0.25, 0.3) is 5.92 Å². The molecule has 0 amide bonds. The van der Waals surface area contributed by atoms with Gasteiger partial charge in [-0.2, -0.15) is 0 Å². The molecule has 0 radical (unpaired) electrons. The third-order valence-corrected chi connectivity index (χ3v) is 3.55. The number of likely N-dealkylation sites (N-methyl/N-ethyl adjacent to an activating group) is 1. The van der Waals surface area contributed by atoms with Gasteiger partial charge in [0, 0.05) is 12.5 Å². The van der Waals surface area contributed by atoms with E-state index in [-0.39, 0.29) is 12.5 Å². The Kier molecular flexibility index (Phi) is 3.38. The van der Waals surface area contributed by atoms with Gasteiger partial charge in [-0.3, -0.25) is 4.84 Å². The maximum absolute atomic E-state index is 13.4. The predicted molar refractivity (Wildman–Crippen MR) is 54.5 cm³/mol. The van der Waals surface area contributed by atoms with Crippen molar-refractivity contribution < 1.29 is 13.6 Å². The molecule has 90 valence electrons. The van der Waals surface area contributed by atoms with E-state index in [1.807, 2.05) is 0 Å². The summed E-state index contributed by atoms with van der Waals surface area (Å²) in [5, 5.41) is 0. The van der Waals surface area contributed by atoms with Crippen LogP contribution >= 0.6 is 0 Å². The highest BCUT2D eigenvalue weighted by atomic mass is 19.3. The maximum atomic E-state index is 13.4. The van der Waals surface area contributed by atoms with E-state index in [4.69, 9.17) is 10.7 Å². The fraction of sp³-hybridized carbons (Fsp3) is 1.00. The molecule has 1 saturated carbocycles. The van der Waals surface area contributed by atoms with Crippen LogP contribution in [0.4, 0.5) is 8.78 Å². The lowest BCUT2D eigenvalue weighted by Gasteiger charge is -2.35. The highest BCUT2D eigenvalue weighted by Crippen LogP contribution is 2.65. The quantitative estimate of drug-likeness (QED) is 0.718. The zero-order valence-corrected chi connectivity index (χ0v) is 9.76. The van der Waals surface area contributed by atoms with E-state index >= 15 is 0 Å².